The zero-order valence-electron chi connectivity index (χ0n) is 20.7. The molecule has 0 saturated heterocycles. The Morgan fingerprint density at radius 3 is 2.51 bits per heavy atom. The lowest BCUT2D eigenvalue weighted by Gasteiger charge is -2.43. The highest BCUT2D eigenvalue weighted by atomic mass is 19.1. The number of imidazole rings is 1. The molecule has 0 spiro atoms. The van der Waals surface area contributed by atoms with Crippen molar-refractivity contribution < 1.29 is 9.18 Å². The number of aromatic nitrogens is 4. The van der Waals surface area contributed by atoms with E-state index in [1.807, 2.05) is 25.3 Å². The Labute approximate surface area is 203 Å². The summed E-state index contributed by atoms with van der Waals surface area (Å²) >= 11 is 0. The van der Waals surface area contributed by atoms with Crippen molar-refractivity contribution in [1.82, 2.24) is 24.4 Å². The van der Waals surface area contributed by atoms with Crippen LogP contribution in [0.3, 0.4) is 0 Å². The number of hydrogen-bond acceptors (Lipinski definition) is 4. The van der Waals surface area contributed by atoms with Crippen molar-refractivity contribution in [3.05, 3.63) is 62.3 Å². The molecule has 1 fully saturated rings. The average molecular weight is 484 g/mol. The normalized spacial score (nSPS) is 14.9. The van der Waals surface area contributed by atoms with Gasteiger partial charge in [0.05, 0.1) is 5.54 Å². The summed E-state index contributed by atoms with van der Waals surface area (Å²) in [6.07, 6.45) is 4.87. The van der Waals surface area contributed by atoms with E-state index in [0.717, 1.165) is 37.7 Å². The Bertz CT molecular complexity index is 1320. The summed E-state index contributed by atoms with van der Waals surface area (Å²) in [6.45, 7) is 7.17. The molecule has 188 valence electrons. The van der Waals surface area contributed by atoms with Crippen molar-refractivity contribution in [2.24, 2.45) is 5.92 Å². The van der Waals surface area contributed by atoms with E-state index in [2.05, 4.69) is 10.3 Å². The molecule has 0 atom stereocenters. The topological polar surface area (TPSA) is 102 Å². The molecule has 1 amide bonds. The average Bonchev–Trinajstić information content (AvgIpc) is 3.13. The molecule has 9 heteroatoms. The number of amides is 1. The van der Waals surface area contributed by atoms with Gasteiger partial charge >= 0.3 is 5.69 Å². The number of nitrogens with one attached hydrogen (secondary N) is 2. The van der Waals surface area contributed by atoms with E-state index in [4.69, 9.17) is 4.98 Å². The van der Waals surface area contributed by atoms with Crippen LogP contribution >= 0.6 is 0 Å². The number of H-pyrrole nitrogens is 1. The van der Waals surface area contributed by atoms with Crippen LogP contribution in [-0.2, 0) is 29.8 Å². The molecule has 0 bridgehead atoms. The maximum atomic E-state index is 13.4. The molecule has 2 N–H and O–H groups in total. The minimum absolute atomic E-state index is 0.116. The van der Waals surface area contributed by atoms with Crippen LogP contribution in [0.1, 0.15) is 70.7 Å². The standard InChI is InChI=1S/C26H34FN5O3/c1-4-5-15-31-23-22(24(34)29-25(31)35)32(16-17(2)3)20(28-23)11-12-21(33)30-26(13-6-14-26)18-7-9-19(27)10-8-18/h7-10,17H,4-6,11-16H2,1-3H3,(H,30,33)(H,29,34,35). The highest BCUT2D eigenvalue weighted by Crippen LogP contribution is 2.41. The SMILES string of the molecule is CCCCn1c(=O)[nH]c(=O)c2c1nc(CCC(=O)NC1(c3ccc(F)cc3)CCC1)n2CC(C)C. The summed E-state index contributed by atoms with van der Waals surface area (Å²) in [7, 11) is 0. The molecule has 1 saturated carbocycles. The van der Waals surface area contributed by atoms with Gasteiger partial charge in [0.15, 0.2) is 11.2 Å². The largest absolute Gasteiger partial charge is 0.347 e. The van der Waals surface area contributed by atoms with E-state index in [-0.39, 0.29) is 24.1 Å². The van der Waals surface area contributed by atoms with Crippen LogP contribution in [0.5, 0.6) is 0 Å². The number of hydrogen-bond donors (Lipinski definition) is 2. The Morgan fingerprint density at radius 2 is 1.91 bits per heavy atom. The highest BCUT2D eigenvalue weighted by molar-refractivity contribution is 5.78. The van der Waals surface area contributed by atoms with E-state index in [9.17, 15) is 18.8 Å². The summed E-state index contributed by atoms with van der Waals surface area (Å²) in [5, 5.41) is 3.17. The highest BCUT2D eigenvalue weighted by Gasteiger charge is 2.39. The second kappa shape index (κ2) is 10.2. The van der Waals surface area contributed by atoms with Gasteiger partial charge in [-0.05, 0) is 49.3 Å². The van der Waals surface area contributed by atoms with Crippen LogP contribution in [0.25, 0.3) is 11.2 Å². The van der Waals surface area contributed by atoms with Gasteiger partial charge in [0.1, 0.15) is 11.6 Å². The Kier molecular flexibility index (Phi) is 7.23. The lowest BCUT2D eigenvalue weighted by atomic mass is 9.71. The molecule has 35 heavy (non-hydrogen) atoms. The number of rotatable bonds is 10. The van der Waals surface area contributed by atoms with Crippen LogP contribution in [0.4, 0.5) is 4.39 Å². The number of aryl methyl sites for hydroxylation is 2. The molecule has 3 aromatic rings. The second-order valence-corrected chi connectivity index (χ2v) is 9.96. The lowest BCUT2D eigenvalue weighted by Crippen LogP contribution is -2.50. The quantitative estimate of drug-likeness (QED) is 0.460. The molecule has 1 aliphatic carbocycles. The molecule has 1 aromatic carbocycles. The number of unbranched alkanes of at least 4 members (excludes halogenated alkanes) is 1. The number of nitrogens with zero attached hydrogens (tertiary/aromatic N) is 3. The molecule has 0 unspecified atom stereocenters. The van der Waals surface area contributed by atoms with Crippen molar-refractivity contribution in [1.29, 1.82) is 0 Å². The number of benzene rings is 1. The first-order valence-corrected chi connectivity index (χ1v) is 12.5. The molecule has 2 aromatic heterocycles. The molecule has 1 aliphatic rings. The first-order valence-electron chi connectivity index (χ1n) is 12.5. The van der Waals surface area contributed by atoms with Gasteiger partial charge in [0.2, 0.25) is 5.91 Å². The van der Waals surface area contributed by atoms with Crippen LogP contribution < -0.4 is 16.6 Å². The lowest BCUT2D eigenvalue weighted by molar-refractivity contribution is -0.124. The predicted octanol–water partition coefficient (Wildman–Crippen LogP) is 3.61. The number of aromatic amines is 1. The van der Waals surface area contributed by atoms with Crippen molar-refractivity contribution in [3.63, 3.8) is 0 Å². The van der Waals surface area contributed by atoms with Gasteiger partial charge in [-0.15, -0.1) is 0 Å². The number of carbonyl (C=O) groups is 1. The minimum Gasteiger partial charge on any atom is -0.347 e. The first-order chi connectivity index (χ1) is 16.7. The minimum atomic E-state index is -0.458. The van der Waals surface area contributed by atoms with Gasteiger partial charge in [-0.1, -0.05) is 39.3 Å². The molecule has 4 rings (SSSR count). The Balaban J connectivity index is 1.60. The van der Waals surface area contributed by atoms with Gasteiger partial charge in [0, 0.05) is 25.9 Å². The molecule has 0 aliphatic heterocycles. The number of fused-ring (bicyclic) bond motifs is 1. The van der Waals surface area contributed by atoms with Crippen molar-refractivity contribution in [3.8, 4) is 0 Å². The molecule has 2 heterocycles. The van der Waals surface area contributed by atoms with E-state index < -0.39 is 16.8 Å². The Hall–Kier alpha value is -3.23. The fourth-order valence-electron chi connectivity index (χ4n) is 4.83. The van der Waals surface area contributed by atoms with Crippen molar-refractivity contribution in [2.45, 2.75) is 84.3 Å². The predicted molar refractivity (Wildman–Crippen MR) is 133 cm³/mol. The smallest absolute Gasteiger partial charge is 0.330 e. The fourth-order valence-corrected chi connectivity index (χ4v) is 4.83. The fraction of sp³-hybridized carbons (Fsp3) is 0.538. The first kappa shape index (κ1) is 24.9. The summed E-state index contributed by atoms with van der Waals surface area (Å²) in [4.78, 5) is 45.4. The van der Waals surface area contributed by atoms with E-state index in [1.165, 1.54) is 16.7 Å². The second-order valence-electron chi connectivity index (χ2n) is 9.96. The summed E-state index contributed by atoms with van der Waals surface area (Å²) < 4.78 is 16.8. The van der Waals surface area contributed by atoms with Crippen molar-refractivity contribution in [2.75, 3.05) is 0 Å². The van der Waals surface area contributed by atoms with Gasteiger partial charge in [-0.25, -0.2) is 14.2 Å². The van der Waals surface area contributed by atoms with Crippen LogP contribution in [0, 0.1) is 11.7 Å². The molecular formula is C26H34FN5O3. The number of carbonyl (C=O) groups excluding carboxylic acids is 1. The van der Waals surface area contributed by atoms with Gasteiger partial charge in [-0.2, -0.15) is 0 Å². The third-order valence-corrected chi connectivity index (χ3v) is 6.81. The van der Waals surface area contributed by atoms with Crippen LogP contribution in [0.2, 0.25) is 0 Å². The van der Waals surface area contributed by atoms with Crippen molar-refractivity contribution >= 4 is 17.1 Å². The monoisotopic (exact) mass is 483 g/mol. The maximum Gasteiger partial charge on any atom is 0.330 e. The Morgan fingerprint density at radius 1 is 1.20 bits per heavy atom. The van der Waals surface area contributed by atoms with Gasteiger partial charge < -0.3 is 9.88 Å². The number of halogens is 1. The maximum absolute atomic E-state index is 13.4. The summed E-state index contributed by atoms with van der Waals surface area (Å²) in [5.41, 5.74) is 0.307. The molecule has 0 radical (unpaired) electrons. The van der Waals surface area contributed by atoms with Crippen LogP contribution in [0.15, 0.2) is 33.9 Å². The van der Waals surface area contributed by atoms with E-state index in [0.29, 0.717) is 36.5 Å². The van der Waals surface area contributed by atoms with Gasteiger partial charge in [0.25, 0.3) is 5.56 Å². The summed E-state index contributed by atoms with van der Waals surface area (Å²) in [5.74, 6) is 0.447. The third-order valence-electron chi connectivity index (χ3n) is 6.81. The third kappa shape index (κ3) is 5.09. The molecular weight excluding hydrogens is 449 g/mol. The van der Waals surface area contributed by atoms with Crippen LogP contribution in [-0.4, -0.2) is 25.0 Å². The molecule has 8 nitrogen and oxygen atoms in total. The van der Waals surface area contributed by atoms with E-state index in [1.54, 1.807) is 12.1 Å². The zero-order valence-corrected chi connectivity index (χ0v) is 20.7. The zero-order chi connectivity index (χ0) is 25.2. The van der Waals surface area contributed by atoms with Gasteiger partial charge in [-0.3, -0.25) is 19.1 Å². The van der Waals surface area contributed by atoms with E-state index >= 15 is 0 Å². The summed E-state index contributed by atoms with van der Waals surface area (Å²) in [6, 6.07) is 6.31.